The number of anilines is 1. The molecule has 1 aromatic rings. The molecule has 0 heterocycles. The lowest BCUT2D eigenvalue weighted by atomic mass is 10.1. The molecule has 0 radical (unpaired) electrons. The minimum absolute atomic E-state index is 0.0109. The summed E-state index contributed by atoms with van der Waals surface area (Å²) in [4.78, 5) is 13.8. The topological polar surface area (TPSA) is 52.6 Å². The van der Waals surface area contributed by atoms with Crippen LogP contribution in [0.1, 0.15) is 24.8 Å². The van der Waals surface area contributed by atoms with Crippen molar-refractivity contribution < 1.29 is 9.90 Å². The van der Waals surface area contributed by atoms with Crippen molar-refractivity contribution in [3.63, 3.8) is 0 Å². The molecule has 0 saturated heterocycles. The van der Waals surface area contributed by atoms with Crippen molar-refractivity contribution in [2.75, 3.05) is 32.1 Å². The first-order valence-electron chi connectivity index (χ1n) is 7.18. The number of aliphatic hydroxyl groups is 1. The van der Waals surface area contributed by atoms with E-state index in [2.05, 4.69) is 34.5 Å². The molecule has 0 aromatic heterocycles. The fourth-order valence-corrected chi connectivity index (χ4v) is 2.16. The highest BCUT2D eigenvalue weighted by Crippen LogP contribution is 2.44. The van der Waals surface area contributed by atoms with E-state index in [0.717, 1.165) is 24.9 Å². The van der Waals surface area contributed by atoms with Gasteiger partial charge in [0.15, 0.2) is 0 Å². The molecule has 1 aliphatic rings. The molecule has 0 bridgehead atoms. The highest BCUT2D eigenvalue weighted by molar-refractivity contribution is 5.76. The van der Waals surface area contributed by atoms with Crippen LogP contribution in [0.2, 0.25) is 0 Å². The van der Waals surface area contributed by atoms with E-state index in [1.54, 1.807) is 0 Å². The van der Waals surface area contributed by atoms with Crippen molar-refractivity contribution >= 4 is 11.6 Å². The molecule has 1 fully saturated rings. The minimum atomic E-state index is -0.0109. The Morgan fingerprint density at radius 1 is 1.30 bits per heavy atom. The molecule has 1 saturated carbocycles. The minimum Gasteiger partial charge on any atom is -0.396 e. The fourth-order valence-electron chi connectivity index (χ4n) is 2.16. The number of benzene rings is 1. The van der Waals surface area contributed by atoms with Gasteiger partial charge in [0, 0.05) is 38.2 Å². The zero-order valence-corrected chi connectivity index (χ0v) is 12.4. The van der Waals surface area contributed by atoms with E-state index in [4.69, 9.17) is 0 Å². The first-order valence-corrected chi connectivity index (χ1v) is 7.18. The van der Waals surface area contributed by atoms with Gasteiger partial charge >= 0.3 is 0 Å². The lowest BCUT2D eigenvalue weighted by molar-refractivity contribution is -0.121. The van der Waals surface area contributed by atoms with E-state index in [9.17, 15) is 9.90 Å². The maximum atomic E-state index is 11.8. The Morgan fingerprint density at radius 3 is 2.45 bits per heavy atom. The first-order chi connectivity index (χ1) is 9.54. The lowest BCUT2D eigenvalue weighted by Crippen LogP contribution is -2.31. The van der Waals surface area contributed by atoms with E-state index in [-0.39, 0.29) is 17.9 Å². The molecule has 4 nitrogen and oxygen atoms in total. The molecule has 20 heavy (non-hydrogen) atoms. The molecule has 2 N–H and O–H groups in total. The highest BCUT2D eigenvalue weighted by atomic mass is 16.3. The smallest absolute Gasteiger partial charge is 0.220 e. The Morgan fingerprint density at radius 2 is 1.95 bits per heavy atom. The molecular formula is C16H24N2O2. The number of aliphatic hydroxyl groups excluding tert-OH is 1. The van der Waals surface area contributed by atoms with E-state index >= 15 is 0 Å². The van der Waals surface area contributed by atoms with Crippen LogP contribution in [0.25, 0.3) is 0 Å². The maximum Gasteiger partial charge on any atom is 0.220 e. The van der Waals surface area contributed by atoms with E-state index in [1.807, 2.05) is 14.1 Å². The summed E-state index contributed by atoms with van der Waals surface area (Å²) < 4.78 is 0. The number of carbonyl (C=O) groups excluding carboxylic acids is 1. The molecule has 0 atom stereocenters. The van der Waals surface area contributed by atoms with Crippen LogP contribution in [0.4, 0.5) is 5.69 Å². The van der Waals surface area contributed by atoms with E-state index in [1.165, 1.54) is 5.56 Å². The number of nitrogens with one attached hydrogen (secondary N) is 1. The molecule has 110 valence electrons. The molecule has 1 amide bonds. The Hall–Kier alpha value is -1.55. The number of amides is 1. The third-order valence-electron chi connectivity index (χ3n) is 4.05. The molecule has 4 heteroatoms. The van der Waals surface area contributed by atoms with Gasteiger partial charge in [-0.2, -0.15) is 0 Å². The summed E-state index contributed by atoms with van der Waals surface area (Å²) in [6, 6.07) is 8.27. The molecule has 0 unspecified atom stereocenters. The molecule has 2 rings (SSSR count). The van der Waals surface area contributed by atoms with Crippen molar-refractivity contribution in [1.82, 2.24) is 5.32 Å². The Balaban J connectivity index is 1.72. The summed E-state index contributed by atoms with van der Waals surface area (Å²) in [5.74, 6) is 0.0708. The Kier molecular flexibility index (Phi) is 4.65. The molecule has 0 aliphatic heterocycles. The number of carbonyl (C=O) groups is 1. The Labute approximate surface area is 120 Å². The van der Waals surface area contributed by atoms with Gasteiger partial charge in [-0.3, -0.25) is 4.79 Å². The number of rotatable bonds is 7. The number of hydrogen-bond acceptors (Lipinski definition) is 3. The molecule has 1 aromatic carbocycles. The standard InChI is InChI=1S/C16H24N2O2/c1-18(2)14-6-3-13(4-7-14)5-8-15(20)17-11-16(12-19)9-10-16/h3-4,6-7,19H,5,8-12H2,1-2H3,(H,17,20). The van der Waals surface area contributed by atoms with Crippen LogP contribution in [0.5, 0.6) is 0 Å². The van der Waals surface area contributed by atoms with Crippen LogP contribution in [0, 0.1) is 5.41 Å². The summed E-state index contributed by atoms with van der Waals surface area (Å²) in [5.41, 5.74) is 2.33. The highest BCUT2D eigenvalue weighted by Gasteiger charge is 2.41. The molecular weight excluding hydrogens is 252 g/mol. The van der Waals surface area contributed by atoms with Gasteiger partial charge in [0.25, 0.3) is 0 Å². The predicted molar refractivity (Wildman–Crippen MR) is 80.9 cm³/mol. The van der Waals surface area contributed by atoms with Gasteiger partial charge in [0.05, 0.1) is 6.61 Å². The van der Waals surface area contributed by atoms with Gasteiger partial charge < -0.3 is 15.3 Å². The monoisotopic (exact) mass is 276 g/mol. The van der Waals surface area contributed by atoms with E-state index < -0.39 is 0 Å². The van der Waals surface area contributed by atoms with Crippen LogP contribution in [-0.2, 0) is 11.2 Å². The van der Waals surface area contributed by atoms with Gasteiger partial charge in [-0.1, -0.05) is 12.1 Å². The van der Waals surface area contributed by atoms with Crippen LogP contribution < -0.4 is 10.2 Å². The van der Waals surface area contributed by atoms with Crippen molar-refractivity contribution in [3.05, 3.63) is 29.8 Å². The zero-order valence-electron chi connectivity index (χ0n) is 12.4. The second kappa shape index (κ2) is 6.27. The first kappa shape index (κ1) is 14.9. The quantitative estimate of drug-likeness (QED) is 0.795. The van der Waals surface area contributed by atoms with Crippen LogP contribution in [0.3, 0.4) is 0 Å². The maximum absolute atomic E-state index is 11.8. The summed E-state index contributed by atoms with van der Waals surface area (Å²) >= 11 is 0. The van der Waals surface area contributed by atoms with Crippen molar-refractivity contribution in [1.29, 1.82) is 0 Å². The summed E-state index contributed by atoms with van der Waals surface area (Å²) in [6.07, 6.45) is 3.31. The van der Waals surface area contributed by atoms with Gasteiger partial charge in [-0.05, 0) is 37.0 Å². The normalized spacial score (nSPS) is 15.8. The number of aryl methyl sites for hydroxylation is 1. The van der Waals surface area contributed by atoms with Crippen LogP contribution in [0.15, 0.2) is 24.3 Å². The second-order valence-corrected chi connectivity index (χ2v) is 6.00. The Bertz CT molecular complexity index is 450. The predicted octanol–water partition coefficient (Wildman–Crippen LogP) is 1.57. The van der Waals surface area contributed by atoms with E-state index in [0.29, 0.717) is 13.0 Å². The zero-order chi connectivity index (χ0) is 14.6. The van der Waals surface area contributed by atoms with Gasteiger partial charge in [-0.25, -0.2) is 0 Å². The van der Waals surface area contributed by atoms with Crippen molar-refractivity contribution in [2.24, 2.45) is 5.41 Å². The van der Waals surface area contributed by atoms with Gasteiger partial charge in [-0.15, -0.1) is 0 Å². The average molecular weight is 276 g/mol. The van der Waals surface area contributed by atoms with Gasteiger partial charge in [0.2, 0.25) is 5.91 Å². The van der Waals surface area contributed by atoms with Crippen LogP contribution in [-0.4, -0.2) is 38.3 Å². The average Bonchev–Trinajstić information content (AvgIpc) is 3.24. The summed E-state index contributed by atoms with van der Waals surface area (Å²) in [6.45, 7) is 0.793. The van der Waals surface area contributed by atoms with Gasteiger partial charge in [0.1, 0.15) is 0 Å². The second-order valence-electron chi connectivity index (χ2n) is 6.00. The third kappa shape index (κ3) is 3.97. The molecule has 0 spiro atoms. The molecule has 1 aliphatic carbocycles. The van der Waals surface area contributed by atoms with Crippen molar-refractivity contribution in [2.45, 2.75) is 25.7 Å². The fraction of sp³-hybridized carbons (Fsp3) is 0.562. The summed E-state index contributed by atoms with van der Waals surface area (Å²) in [5, 5.41) is 12.1. The van der Waals surface area contributed by atoms with Crippen molar-refractivity contribution in [3.8, 4) is 0 Å². The summed E-state index contributed by atoms with van der Waals surface area (Å²) in [7, 11) is 4.02. The third-order valence-corrected chi connectivity index (χ3v) is 4.05. The lowest BCUT2D eigenvalue weighted by Gasteiger charge is -2.13. The SMILES string of the molecule is CN(C)c1ccc(CCC(=O)NCC2(CO)CC2)cc1. The number of hydrogen-bond donors (Lipinski definition) is 2. The largest absolute Gasteiger partial charge is 0.396 e. The van der Waals surface area contributed by atoms with Crippen LogP contribution >= 0.6 is 0 Å². The number of nitrogens with zero attached hydrogens (tertiary/aromatic N) is 1.